The summed E-state index contributed by atoms with van der Waals surface area (Å²) in [4.78, 5) is 62.2. The van der Waals surface area contributed by atoms with Crippen LogP contribution in [-0.2, 0) is 10.2 Å². The minimum Gasteiger partial charge on any atom is -0.427 e. The lowest BCUT2D eigenvalue weighted by Gasteiger charge is -2.19. The number of nitrogens with one attached hydrogen (secondary N) is 4. The normalized spacial score (nSPS) is 10.7. The summed E-state index contributed by atoms with van der Waals surface area (Å²) in [7, 11) is 0. The summed E-state index contributed by atoms with van der Waals surface area (Å²) in [6.07, 6.45) is 0. The van der Waals surface area contributed by atoms with E-state index in [1.165, 1.54) is 18.2 Å². The van der Waals surface area contributed by atoms with E-state index >= 15 is 0 Å². The van der Waals surface area contributed by atoms with Crippen molar-refractivity contribution in [1.82, 2.24) is 21.7 Å². The second-order valence-electron chi connectivity index (χ2n) is 10.3. The van der Waals surface area contributed by atoms with Crippen molar-refractivity contribution in [2.45, 2.75) is 40.0 Å². The van der Waals surface area contributed by atoms with Crippen LogP contribution in [0.1, 0.15) is 87.2 Å². The van der Waals surface area contributed by atoms with Crippen molar-refractivity contribution in [3.05, 3.63) is 107 Å². The number of hydrazine groups is 2. The Hall–Kier alpha value is -5.25. The molecule has 4 N–H and O–H groups in total. The van der Waals surface area contributed by atoms with Crippen molar-refractivity contribution in [3.8, 4) is 5.75 Å². The second-order valence-corrected chi connectivity index (χ2v) is 10.3. The van der Waals surface area contributed by atoms with Crippen molar-refractivity contribution in [2.24, 2.45) is 0 Å². The fourth-order valence-electron chi connectivity index (χ4n) is 3.63. The Kier molecular flexibility index (Phi) is 9.41. The van der Waals surface area contributed by atoms with Crippen LogP contribution >= 0.6 is 0 Å². The van der Waals surface area contributed by atoms with Gasteiger partial charge in [-0.05, 0) is 65.9 Å². The number of benzene rings is 3. The first kappa shape index (κ1) is 30.3. The predicted octanol–water partition coefficient (Wildman–Crippen LogP) is 4.09. The molecule has 0 aliphatic carbocycles. The van der Waals surface area contributed by atoms with E-state index in [0.717, 1.165) is 23.6 Å². The largest absolute Gasteiger partial charge is 0.427 e. The molecule has 0 radical (unpaired) electrons. The molecule has 0 unspecified atom stereocenters. The van der Waals surface area contributed by atoms with E-state index in [-0.39, 0.29) is 22.3 Å². The van der Waals surface area contributed by atoms with Crippen LogP contribution in [0, 0.1) is 0 Å². The van der Waals surface area contributed by atoms with Gasteiger partial charge in [0.1, 0.15) is 5.75 Å². The van der Waals surface area contributed by atoms with Gasteiger partial charge in [-0.1, -0.05) is 57.2 Å². The molecule has 0 aromatic heterocycles. The molecule has 3 rings (SSSR count). The Labute approximate surface area is 238 Å². The zero-order chi connectivity index (χ0) is 30.3. The smallest absolute Gasteiger partial charge is 0.308 e. The van der Waals surface area contributed by atoms with Crippen molar-refractivity contribution < 1.29 is 28.7 Å². The molecule has 10 nitrogen and oxygen atoms in total. The minimum atomic E-state index is -0.775. The molecule has 0 saturated heterocycles. The number of ether oxygens (including phenoxy) is 1. The number of esters is 1. The van der Waals surface area contributed by atoms with Gasteiger partial charge < -0.3 is 4.74 Å². The molecule has 4 amide bonds. The number of hydrogen-bond acceptors (Lipinski definition) is 6. The maximum absolute atomic E-state index is 12.8. The third-order valence-electron chi connectivity index (χ3n) is 5.92. The van der Waals surface area contributed by atoms with Crippen LogP contribution in [0.5, 0.6) is 5.75 Å². The van der Waals surface area contributed by atoms with Gasteiger partial charge in [-0.3, -0.25) is 45.7 Å². The molecular weight excluding hydrogens is 524 g/mol. The van der Waals surface area contributed by atoms with Gasteiger partial charge in [0.25, 0.3) is 23.6 Å². The van der Waals surface area contributed by atoms with E-state index < -0.39 is 29.6 Å². The third kappa shape index (κ3) is 8.37. The van der Waals surface area contributed by atoms with Crippen LogP contribution in [0.25, 0.3) is 5.57 Å². The Bertz CT molecular complexity index is 1500. The number of rotatable bonds is 6. The van der Waals surface area contributed by atoms with Gasteiger partial charge in [0.2, 0.25) is 0 Å². The molecule has 212 valence electrons. The van der Waals surface area contributed by atoms with Crippen molar-refractivity contribution in [1.29, 1.82) is 0 Å². The fourth-order valence-corrected chi connectivity index (χ4v) is 3.63. The molecule has 0 spiro atoms. The summed E-state index contributed by atoms with van der Waals surface area (Å²) in [5.41, 5.74) is 12.3. The number of allylic oxidation sites excluding steroid dienone is 1. The Morgan fingerprint density at radius 1 is 0.585 bits per heavy atom. The molecule has 0 heterocycles. The number of amides is 4. The summed E-state index contributed by atoms with van der Waals surface area (Å²) in [5.74, 6) is -3.42. The molecule has 41 heavy (non-hydrogen) atoms. The Balaban J connectivity index is 1.70. The predicted molar refractivity (Wildman–Crippen MR) is 154 cm³/mol. The quantitative estimate of drug-likeness (QED) is 0.205. The monoisotopic (exact) mass is 556 g/mol. The van der Waals surface area contributed by atoms with Gasteiger partial charge in [-0.25, -0.2) is 0 Å². The summed E-state index contributed by atoms with van der Waals surface area (Å²) >= 11 is 0. The molecule has 3 aromatic carbocycles. The lowest BCUT2D eigenvalue weighted by Crippen LogP contribution is -2.42. The van der Waals surface area contributed by atoms with E-state index in [9.17, 15) is 24.0 Å². The molecule has 0 atom stereocenters. The molecule has 0 fully saturated rings. The highest BCUT2D eigenvalue weighted by Crippen LogP contribution is 2.22. The van der Waals surface area contributed by atoms with Crippen molar-refractivity contribution in [3.63, 3.8) is 0 Å². The average molecular weight is 557 g/mol. The van der Waals surface area contributed by atoms with Crippen LogP contribution in [0.4, 0.5) is 0 Å². The standard InChI is InChI=1S/C31H32N4O6/c1-18(2)20-7-9-21(10-8-20)27(37)32-34-29(39)23-15-24(17-26(16-23)41-19(3)36)30(40)35-33-28(38)22-11-13-25(14-12-22)31(4,5)6/h7-17H,1H2,2-6H3,(H,32,37)(H,33,38)(H,34,39)(H,35,40). The van der Waals surface area contributed by atoms with Gasteiger partial charge in [-0.15, -0.1) is 0 Å². The van der Waals surface area contributed by atoms with Crippen LogP contribution < -0.4 is 26.4 Å². The summed E-state index contributed by atoms with van der Waals surface area (Å²) in [5, 5.41) is 0. The van der Waals surface area contributed by atoms with Crippen molar-refractivity contribution >= 4 is 35.2 Å². The van der Waals surface area contributed by atoms with Gasteiger partial charge in [0.15, 0.2) is 0 Å². The maximum Gasteiger partial charge on any atom is 0.308 e. The van der Waals surface area contributed by atoms with Gasteiger partial charge in [0, 0.05) is 29.2 Å². The van der Waals surface area contributed by atoms with E-state index in [1.807, 2.05) is 19.1 Å². The molecule has 10 heteroatoms. The highest BCUT2D eigenvalue weighted by Gasteiger charge is 2.18. The number of carbonyl (C=O) groups excluding carboxylic acids is 5. The van der Waals surface area contributed by atoms with Gasteiger partial charge >= 0.3 is 5.97 Å². The maximum atomic E-state index is 12.8. The van der Waals surface area contributed by atoms with E-state index in [2.05, 4.69) is 49.1 Å². The Morgan fingerprint density at radius 2 is 0.951 bits per heavy atom. The first-order chi connectivity index (χ1) is 19.2. The Morgan fingerprint density at radius 3 is 1.32 bits per heavy atom. The van der Waals surface area contributed by atoms with Gasteiger partial charge in [-0.2, -0.15) is 0 Å². The molecule has 0 aliphatic heterocycles. The second kappa shape index (κ2) is 12.7. The van der Waals surface area contributed by atoms with Crippen LogP contribution in [0.3, 0.4) is 0 Å². The van der Waals surface area contributed by atoms with E-state index in [0.29, 0.717) is 11.1 Å². The minimum absolute atomic E-state index is 0.0823. The average Bonchev–Trinajstić information content (AvgIpc) is 2.93. The topological polar surface area (TPSA) is 143 Å². The first-order valence-electron chi connectivity index (χ1n) is 12.7. The lowest BCUT2D eigenvalue weighted by atomic mass is 9.87. The summed E-state index contributed by atoms with van der Waals surface area (Å²) in [6, 6.07) is 17.3. The van der Waals surface area contributed by atoms with Crippen LogP contribution in [0.15, 0.2) is 73.3 Å². The number of hydrogen-bond donors (Lipinski definition) is 4. The van der Waals surface area contributed by atoms with Crippen LogP contribution in [-0.4, -0.2) is 29.6 Å². The zero-order valence-electron chi connectivity index (χ0n) is 23.5. The molecule has 0 aliphatic rings. The van der Waals surface area contributed by atoms with Crippen molar-refractivity contribution in [2.75, 3.05) is 0 Å². The fraction of sp³-hybridized carbons (Fsp3) is 0.194. The SMILES string of the molecule is C=C(C)c1ccc(C(=O)NNC(=O)c2cc(OC(C)=O)cc(C(=O)NNC(=O)c3ccc(C(C)(C)C)cc3)c2)cc1. The van der Waals surface area contributed by atoms with Crippen LogP contribution in [0.2, 0.25) is 0 Å². The number of carbonyl (C=O) groups is 5. The highest BCUT2D eigenvalue weighted by molar-refractivity contribution is 6.03. The molecule has 3 aromatic rings. The summed E-state index contributed by atoms with van der Waals surface area (Å²) in [6.45, 7) is 13.0. The summed E-state index contributed by atoms with van der Waals surface area (Å²) < 4.78 is 5.07. The van der Waals surface area contributed by atoms with E-state index in [4.69, 9.17) is 4.74 Å². The molecule has 0 saturated carbocycles. The highest BCUT2D eigenvalue weighted by atomic mass is 16.5. The zero-order valence-corrected chi connectivity index (χ0v) is 23.5. The third-order valence-corrected chi connectivity index (χ3v) is 5.92. The van der Waals surface area contributed by atoms with Gasteiger partial charge in [0.05, 0.1) is 0 Å². The van der Waals surface area contributed by atoms with E-state index in [1.54, 1.807) is 36.4 Å². The molecular formula is C31H32N4O6. The lowest BCUT2D eigenvalue weighted by molar-refractivity contribution is -0.131. The first-order valence-corrected chi connectivity index (χ1v) is 12.7. The molecule has 0 bridgehead atoms.